The average Bonchev–Trinajstić information content (AvgIpc) is 2.71. The Balaban J connectivity index is 1.80. The van der Waals surface area contributed by atoms with Gasteiger partial charge in [-0.15, -0.1) is 0 Å². The summed E-state index contributed by atoms with van der Waals surface area (Å²) in [5.74, 6) is -0.343. The third kappa shape index (κ3) is 5.58. The summed E-state index contributed by atoms with van der Waals surface area (Å²) in [5.41, 5.74) is 4.28. The number of nitrogens with one attached hydrogen (secondary N) is 1. The Morgan fingerprint density at radius 2 is 1.65 bits per heavy atom. The number of benzene rings is 3. The van der Waals surface area contributed by atoms with Gasteiger partial charge in [0.1, 0.15) is 0 Å². The van der Waals surface area contributed by atoms with Crippen molar-refractivity contribution in [3.8, 4) is 0 Å². The number of hydrogen-bond acceptors (Lipinski definition) is 3. The van der Waals surface area contributed by atoms with Crippen molar-refractivity contribution in [1.82, 2.24) is 0 Å². The number of anilines is 2. The first kappa shape index (κ1) is 23.1. The molecular weight excluding hydrogens is 455 g/mol. The summed E-state index contributed by atoms with van der Waals surface area (Å²) in [6.45, 7) is 4.08. The number of hydrogen-bond donors (Lipinski definition) is 1. The minimum atomic E-state index is -3.49. The van der Waals surface area contributed by atoms with E-state index in [2.05, 4.69) is 5.32 Å². The molecule has 1 amide bonds. The van der Waals surface area contributed by atoms with Crippen LogP contribution in [0.15, 0.2) is 60.7 Å². The van der Waals surface area contributed by atoms with Gasteiger partial charge in [-0.25, -0.2) is 8.42 Å². The maximum atomic E-state index is 12.5. The zero-order valence-electron chi connectivity index (χ0n) is 17.3. The van der Waals surface area contributed by atoms with Gasteiger partial charge in [0.15, 0.2) is 0 Å². The molecule has 1 N–H and O–H groups in total. The van der Waals surface area contributed by atoms with Crippen LogP contribution in [-0.2, 0) is 16.6 Å². The van der Waals surface area contributed by atoms with E-state index in [0.717, 1.165) is 16.7 Å². The third-order valence-electron chi connectivity index (χ3n) is 4.92. The molecule has 0 saturated heterocycles. The predicted octanol–water partition coefficient (Wildman–Crippen LogP) is 5.83. The fourth-order valence-electron chi connectivity index (χ4n) is 3.00. The van der Waals surface area contributed by atoms with Gasteiger partial charge in [-0.2, -0.15) is 0 Å². The molecule has 0 heterocycles. The minimum absolute atomic E-state index is 0.156. The standard InChI is InChI=1S/C23H22Cl2N2O3S/c1-15-7-12-19(13-16(15)2)27(31(3,29)30)14-17-8-10-18(11-9-17)23(28)26-21-6-4-5-20(24)22(21)25/h4-13H,14H2,1-3H3,(H,26,28). The van der Waals surface area contributed by atoms with Crippen LogP contribution in [0.3, 0.4) is 0 Å². The number of aryl methyl sites for hydroxylation is 2. The van der Waals surface area contributed by atoms with Gasteiger partial charge in [0.05, 0.1) is 34.2 Å². The van der Waals surface area contributed by atoms with Crippen LogP contribution in [0, 0.1) is 13.8 Å². The molecule has 0 aromatic heterocycles. The smallest absolute Gasteiger partial charge is 0.255 e. The van der Waals surface area contributed by atoms with E-state index in [1.807, 2.05) is 26.0 Å². The fourth-order valence-corrected chi connectivity index (χ4v) is 4.23. The topological polar surface area (TPSA) is 66.5 Å². The number of sulfonamides is 1. The van der Waals surface area contributed by atoms with E-state index in [-0.39, 0.29) is 17.5 Å². The van der Waals surface area contributed by atoms with Gasteiger partial charge in [-0.05, 0) is 66.9 Å². The van der Waals surface area contributed by atoms with Crippen LogP contribution in [0.25, 0.3) is 0 Å². The molecule has 162 valence electrons. The summed E-state index contributed by atoms with van der Waals surface area (Å²) in [7, 11) is -3.49. The molecule has 0 bridgehead atoms. The molecule has 0 spiro atoms. The lowest BCUT2D eigenvalue weighted by Crippen LogP contribution is -2.29. The zero-order chi connectivity index (χ0) is 22.8. The highest BCUT2D eigenvalue weighted by molar-refractivity contribution is 7.92. The summed E-state index contributed by atoms with van der Waals surface area (Å²) in [6.07, 6.45) is 1.18. The van der Waals surface area contributed by atoms with Crippen LogP contribution in [0.5, 0.6) is 0 Å². The van der Waals surface area contributed by atoms with Crippen molar-refractivity contribution in [2.45, 2.75) is 20.4 Å². The number of carbonyl (C=O) groups excluding carboxylic acids is 1. The van der Waals surface area contributed by atoms with Crippen molar-refractivity contribution >= 4 is 50.5 Å². The van der Waals surface area contributed by atoms with Gasteiger partial charge in [0.25, 0.3) is 5.91 Å². The molecular formula is C23H22Cl2N2O3S. The van der Waals surface area contributed by atoms with Gasteiger partial charge in [0, 0.05) is 5.56 Å². The van der Waals surface area contributed by atoms with Gasteiger partial charge >= 0.3 is 0 Å². The van der Waals surface area contributed by atoms with Crippen molar-refractivity contribution in [3.05, 3.63) is 93.0 Å². The van der Waals surface area contributed by atoms with Gasteiger partial charge in [-0.1, -0.05) is 47.5 Å². The van der Waals surface area contributed by atoms with E-state index < -0.39 is 10.0 Å². The second-order valence-electron chi connectivity index (χ2n) is 7.29. The maximum absolute atomic E-state index is 12.5. The van der Waals surface area contributed by atoms with Crippen LogP contribution >= 0.6 is 23.2 Å². The summed E-state index contributed by atoms with van der Waals surface area (Å²) in [6, 6.07) is 17.3. The molecule has 0 aliphatic heterocycles. The Bertz CT molecular complexity index is 1230. The lowest BCUT2D eigenvalue weighted by Gasteiger charge is -2.23. The monoisotopic (exact) mass is 476 g/mol. The number of carbonyl (C=O) groups is 1. The van der Waals surface area contributed by atoms with E-state index in [1.54, 1.807) is 48.5 Å². The van der Waals surface area contributed by atoms with Gasteiger partial charge < -0.3 is 5.32 Å². The minimum Gasteiger partial charge on any atom is -0.321 e. The van der Waals surface area contributed by atoms with E-state index >= 15 is 0 Å². The molecule has 0 saturated carbocycles. The molecule has 3 aromatic carbocycles. The SMILES string of the molecule is Cc1ccc(N(Cc2ccc(C(=O)Nc3cccc(Cl)c3Cl)cc2)S(C)(=O)=O)cc1C. The Morgan fingerprint density at radius 1 is 0.968 bits per heavy atom. The van der Waals surface area contributed by atoms with Gasteiger partial charge in [-0.3, -0.25) is 9.10 Å². The fraction of sp³-hybridized carbons (Fsp3) is 0.174. The quantitative estimate of drug-likeness (QED) is 0.486. The number of rotatable bonds is 6. The first-order chi connectivity index (χ1) is 14.6. The Hall–Kier alpha value is -2.54. The van der Waals surface area contributed by atoms with Crippen molar-refractivity contribution < 1.29 is 13.2 Å². The molecule has 0 atom stereocenters. The van der Waals surface area contributed by atoms with Gasteiger partial charge in [0.2, 0.25) is 10.0 Å². The second kappa shape index (κ2) is 9.30. The maximum Gasteiger partial charge on any atom is 0.255 e. The summed E-state index contributed by atoms with van der Waals surface area (Å²) < 4.78 is 26.2. The number of amides is 1. The van der Waals surface area contributed by atoms with Crippen molar-refractivity contribution in [3.63, 3.8) is 0 Å². The molecule has 8 heteroatoms. The molecule has 3 rings (SSSR count). The highest BCUT2D eigenvalue weighted by Crippen LogP contribution is 2.30. The Kier molecular flexibility index (Phi) is 6.94. The van der Waals surface area contributed by atoms with E-state index in [1.165, 1.54) is 10.6 Å². The first-order valence-corrected chi connectivity index (χ1v) is 12.1. The number of halogens is 2. The summed E-state index contributed by atoms with van der Waals surface area (Å²) in [4.78, 5) is 12.5. The normalized spacial score (nSPS) is 11.3. The lowest BCUT2D eigenvalue weighted by molar-refractivity contribution is 0.102. The van der Waals surface area contributed by atoms with Crippen LogP contribution < -0.4 is 9.62 Å². The molecule has 0 aliphatic rings. The molecule has 0 radical (unpaired) electrons. The van der Waals surface area contributed by atoms with Crippen LogP contribution in [-0.4, -0.2) is 20.6 Å². The van der Waals surface area contributed by atoms with Crippen LogP contribution in [0.4, 0.5) is 11.4 Å². The van der Waals surface area contributed by atoms with Crippen molar-refractivity contribution in [2.75, 3.05) is 15.9 Å². The average molecular weight is 477 g/mol. The van der Waals surface area contributed by atoms with Crippen molar-refractivity contribution in [2.24, 2.45) is 0 Å². The highest BCUT2D eigenvalue weighted by Gasteiger charge is 2.19. The second-order valence-corrected chi connectivity index (χ2v) is 9.98. The molecule has 0 unspecified atom stereocenters. The Morgan fingerprint density at radius 3 is 2.26 bits per heavy atom. The lowest BCUT2D eigenvalue weighted by atomic mass is 10.1. The third-order valence-corrected chi connectivity index (χ3v) is 6.88. The molecule has 31 heavy (non-hydrogen) atoms. The highest BCUT2D eigenvalue weighted by atomic mass is 35.5. The Labute approximate surface area is 192 Å². The molecule has 0 fully saturated rings. The van der Waals surface area contributed by atoms with E-state index in [0.29, 0.717) is 22.0 Å². The predicted molar refractivity (Wildman–Crippen MR) is 128 cm³/mol. The largest absolute Gasteiger partial charge is 0.321 e. The molecule has 3 aromatic rings. The summed E-state index contributed by atoms with van der Waals surface area (Å²) in [5, 5.41) is 3.35. The van der Waals surface area contributed by atoms with Crippen LogP contribution in [0.1, 0.15) is 27.0 Å². The first-order valence-electron chi connectivity index (χ1n) is 9.45. The zero-order valence-corrected chi connectivity index (χ0v) is 19.6. The molecule has 0 aliphatic carbocycles. The van der Waals surface area contributed by atoms with Crippen LogP contribution in [0.2, 0.25) is 10.0 Å². The van der Waals surface area contributed by atoms with E-state index in [9.17, 15) is 13.2 Å². The summed E-state index contributed by atoms with van der Waals surface area (Å²) >= 11 is 12.1. The van der Waals surface area contributed by atoms with Crippen molar-refractivity contribution in [1.29, 1.82) is 0 Å². The molecule has 5 nitrogen and oxygen atoms in total. The van der Waals surface area contributed by atoms with E-state index in [4.69, 9.17) is 23.2 Å². The number of nitrogens with zero attached hydrogens (tertiary/aromatic N) is 1.